The third-order valence-electron chi connectivity index (χ3n) is 3.50. The lowest BCUT2D eigenvalue weighted by atomic mass is 10.1. The summed E-state index contributed by atoms with van der Waals surface area (Å²) in [6, 6.07) is 6.49. The van der Waals surface area contributed by atoms with Crippen molar-refractivity contribution in [2.45, 2.75) is 52.1 Å². The molecule has 0 radical (unpaired) electrons. The molecule has 1 rings (SSSR count). The van der Waals surface area contributed by atoms with Crippen molar-refractivity contribution in [3.8, 4) is 0 Å². The summed E-state index contributed by atoms with van der Waals surface area (Å²) in [7, 11) is 0. The van der Waals surface area contributed by atoms with Crippen molar-refractivity contribution in [3.63, 3.8) is 0 Å². The molecule has 0 aromatic heterocycles. The zero-order valence-corrected chi connectivity index (χ0v) is 12.6. The second-order valence-electron chi connectivity index (χ2n) is 5.07. The van der Waals surface area contributed by atoms with E-state index >= 15 is 0 Å². The molecule has 112 valence electrons. The van der Waals surface area contributed by atoms with E-state index in [9.17, 15) is 9.18 Å². The van der Waals surface area contributed by atoms with Crippen molar-refractivity contribution in [2.24, 2.45) is 0 Å². The molecule has 0 aliphatic heterocycles. The zero-order valence-electron chi connectivity index (χ0n) is 12.6. The molecule has 3 nitrogen and oxygen atoms in total. The van der Waals surface area contributed by atoms with Gasteiger partial charge in [-0.1, -0.05) is 26.0 Å². The molecular weight excluding hydrogens is 255 g/mol. The first-order valence-corrected chi connectivity index (χ1v) is 7.35. The van der Waals surface area contributed by atoms with Crippen LogP contribution in [0.3, 0.4) is 0 Å². The van der Waals surface area contributed by atoms with E-state index in [4.69, 9.17) is 0 Å². The molecule has 0 saturated heterocycles. The highest BCUT2D eigenvalue weighted by atomic mass is 19.1. The number of hydrogen-bond acceptors (Lipinski definition) is 2. The lowest BCUT2D eigenvalue weighted by molar-refractivity contribution is -0.123. The Kier molecular flexibility index (Phi) is 7.23. The summed E-state index contributed by atoms with van der Waals surface area (Å²) < 4.78 is 12.8. The number of hydrogen-bond donors (Lipinski definition) is 2. The number of carbonyl (C=O) groups excluding carboxylic acids is 1. The highest BCUT2D eigenvalue weighted by Gasteiger charge is 2.14. The maximum atomic E-state index is 12.8. The molecule has 20 heavy (non-hydrogen) atoms. The predicted octanol–water partition coefficient (Wildman–Crippen LogP) is 2.65. The topological polar surface area (TPSA) is 41.1 Å². The largest absolute Gasteiger partial charge is 0.352 e. The van der Waals surface area contributed by atoms with E-state index in [1.165, 1.54) is 12.1 Å². The third-order valence-corrected chi connectivity index (χ3v) is 3.50. The minimum atomic E-state index is -0.223. The molecule has 0 aliphatic rings. The predicted molar refractivity (Wildman–Crippen MR) is 80.1 cm³/mol. The maximum absolute atomic E-state index is 12.8. The van der Waals surface area contributed by atoms with Gasteiger partial charge in [-0.05, 0) is 50.4 Å². The molecule has 1 atom stereocenters. The van der Waals surface area contributed by atoms with Crippen molar-refractivity contribution < 1.29 is 9.18 Å². The van der Waals surface area contributed by atoms with E-state index in [2.05, 4.69) is 24.5 Å². The average molecular weight is 280 g/mol. The van der Waals surface area contributed by atoms with Gasteiger partial charge in [0.05, 0.1) is 6.04 Å². The van der Waals surface area contributed by atoms with E-state index in [0.29, 0.717) is 6.54 Å². The molecular formula is C16H25FN2O. The number of nitrogens with one attached hydrogen (secondary N) is 2. The Morgan fingerprint density at radius 3 is 2.35 bits per heavy atom. The first-order valence-electron chi connectivity index (χ1n) is 7.35. The Morgan fingerprint density at radius 2 is 1.80 bits per heavy atom. The fraction of sp³-hybridized carbons (Fsp3) is 0.562. The summed E-state index contributed by atoms with van der Waals surface area (Å²) in [4.78, 5) is 11.9. The molecule has 0 aliphatic carbocycles. The van der Waals surface area contributed by atoms with Gasteiger partial charge in [-0.2, -0.15) is 0 Å². The first kappa shape index (κ1) is 16.6. The average Bonchev–Trinajstić information content (AvgIpc) is 2.46. The summed E-state index contributed by atoms with van der Waals surface area (Å²) in [5.41, 5.74) is 1.06. The van der Waals surface area contributed by atoms with Gasteiger partial charge in [-0.25, -0.2) is 4.39 Å². The Hall–Kier alpha value is -1.42. The van der Waals surface area contributed by atoms with E-state index in [1.807, 2.05) is 6.92 Å². The van der Waals surface area contributed by atoms with E-state index in [0.717, 1.165) is 24.8 Å². The molecule has 0 spiro atoms. The van der Waals surface area contributed by atoms with E-state index in [1.54, 1.807) is 12.1 Å². The molecule has 1 aromatic rings. The Morgan fingerprint density at radius 1 is 1.20 bits per heavy atom. The quantitative estimate of drug-likeness (QED) is 0.768. The lowest BCUT2D eigenvalue weighted by Gasteiger charge is -2.19. The second kappa shape index (κ2) is 8.69. The SMILES string of the molecule is CCC(CC)NC(=O)C(C)NCCc1ccc(F)cc1. The number of amides is 1. The first-order chi connectivity index (χ1) is 9.56. The fourth-order valence-electron chi connectivity index (χ4n) is 2.00. The van der Waals surface area contributed by atoms with Gasteiger partial charge >= 0.3 is 0 Å². The van der Waals surface area contributed by atoms with Crippen LogP contribution in [0, 0.1) is 5.82 Å². The molecule has 0 bridgehead atoms. The van der Waals surface area contributed by atoms with Gasteiger partial charge < -0.3 is 10.6 Å². The van der Waals surface area contributed by atoms with Gasteiger partial charge in [-0.15, -0.1) is 0 Å². The second-order valence-corrected chi connectivity index (χ2v) is 5.07. The van der Waals surface area contributed by atoms with Crippen molar-refractivity contribution in [3.05, 3.63) is 35.6 Å². The molecule has 1 aromatic carbocycles. The summed E-state index contributed by atoms with van der Waals surface area (Å²) in [5, 5.41) is 6.21. The molecule has 0 heterocycles. The molecule has 1 amide bonds. The van der Waals surface area contributed by atoms with Crippen LogP contribution in [0.5, 0.6) is 0 Å². The Bertz CT molecular complexity index is 401. The van der Waals surface area contributed by atoms with E-state index in [-0.39, 0.29) is 23.8 Å². The van der Waals surface area contributed by atoms with Gasteiger partial charge in [0, 0.05) is 6.04 Å². The molecule has 2 N–H and O–H groups in total. The molecule has 4 heteroatoms. The lowest BCUT2D eigenvalue weighted by Crippen LogP contribution is -2.46. The number of carbonyl (C=O) groups is 1. The monoisotopic (exact) mass is 280 g/mol. The number of halogens is 1. The normalized spacial score (nSPS) is 12.4. The Labute approximate surface area is 121 Å². The van der Waals surface area contributed by atoms with Gasteiger partial charge in [0.2, 0.25) is 5.91 Å². The highest BCUT2D eigenvalue weighted by molar-refractivity contribution is 5.81. The summed E-state index contributed by atoms with van der Waals surface area (Å²) in [6.07, 6.45) is 2.68. The van der Waals surface area contributed by atoms with Crippen LogP contribution >= 0.6 is 0 Å². The maximum Gasteiger partial charge on any atom is 0.237 e. The van der Waals surface area contributed by atoms with Crippen LogP contribution in [0.25, 0.3) is 0 Å². The van der Waals surface area contributed by atoms with Gasteiger partial charge in [-0.3, -0.25) is 4.79 Å². The summed E-state index contributed by atoms with van der Waals surface area (Å²) in [6.45, 7) is 6.70. The molecule has 1 unspecified atom stereocenters. The summed E-state index contributed by atoms with van der Waals surface area (Å²) >= 11 is 0. The number of benzene rings is 1. The van der Waals surface area contributed by atoms with Crippen molar-refractivity contribution in [1.82, 2.24) is 10.6 Å². The summed E-state index contributed by atoms with van der Waals surface area (Å²) in [5.74, 6) is -0.183. The highest BCUT2D eigenvalue weighted by Crippen LogP contribution is 2.03. The van der Waals surface area contributed by atoms with Crippen molar-refractivity contribution >= 4 is 5.91 Å². The van der Waals surface area contributed by atoms with Crippen LogP contribution in [-0.2, 0) is 11.2 Å². The van der Waals surface area contributed by atoms with Crippen molar-refractivity contribution in [1.29, 1.82) is 0 Å². The fourth-order valence-corrected chi connectivity index (χ4v) is 2.00. The standard InChI is InChI=1S/C16H25FN2O/c1-4-15(5-2)19-16(20)12(3)18-11-10-13-6-8-14(17)9-7-13/h6-9,12,15,18H,4-5,10-11H2,1-3H3,(H,19,20). The van der Waals surface area contributed by atoms with Crippen LogP contribution in [-0.4, -0.2) is 24.5 Å². The van der Waals surface area contributed by atoms with Crippen molar-refractivity contribution in [2.75, 3.05) is 6.54 Å². The van der Waals surface area contributed by atoms with Crippen LogP contribution in [0.15, 0.2) is 24.3 Å². The third kappa shape index (κ3) is 5.70. The minimum absolute atomic E-state index is 0.0396. The van der Waals surface area contributed by atoms with Crippen LogP contribution < -0.4 is 10.6 Å². The van der Waals surface area contributed by atoms with Gasteiger partial charge in [0.15, 0.2) is 0 Å². The van der Waals surface area contributed by atoms with Crippen LogP contribution in [0.1, 0.15) is 39.2 Å². The van der Waals surface area contributed by atoms with E-state index < -0.39 is 0 Å². The Balaban J connectivity index is 2.30. The van der Waals surface area contributed by atoms with Crippen LogP contribution in [0.4, 0.5) is 4.39 Å². The number of rotatable bonds is 8. The molecule has 0 saturated carbocycles. The zero-order chi connectivity index (χ0) is 15.0. The van der Waals surface area contributed by atoms with Gasteiger partial charge in [0.25, 0.3) is 0 Å². The van der Waals surface area contributed by atoms with Crippen LogP contribution in [0.2, 0.25) is 0 Å². The smallest absolute Gasteiger partial charge is 0.237 e. The minimum Gasteiger partial charge on any atom is -0.352 e. The molecule has 0 fully saturated rings. The van der Waals surface area contributed by atoms with Gasteiger partial charge in [0.1, 0.15) is 5.82 Å².